The van der Waals surface area contributed by atoms with Gasteiger partial charge in [0.15, 0.2) is 0 Å². The maximum atomic E-state index is 11.6. The van der Waals surface area contributed by atoms with Crippen LogP contribution in [0.25, 0.3) is 0 Å². The van der Waals surface area contributed by atoms with Crippen LogP contribution < -0.4 is 15.8 Å². The Labute approximate surface area is 113 Å². The molecule has 0 aromatic heterocycles. The molecule has 5 nitrogen and oxygen atoms in total. The zero-order chi connectivity index (χ0) is 13.7. The van der Waals surface area contributed by atoms with Crippen LogP contribution in [0.2, 0.25) is 0 Å². The van der Waals surface area contributed by atoms with Gasteiger partial charge in [0.25, 0.3) is 0 Å². The lowest BCUT2D eigenvalue weighted by Crippen LogP contribution is -2.37. The Hall–Kier alpha value is -1.75. The average Bonchev–Trinajstić information content (AvgIpc) is 3.15. The Morgan fingerprint density at radius 3 is 2.74 bits per heavy atom. The van der Waals surface area contributed by atoms with E-state index in [9.17, 15) is 4.79 Å². The van der Waals surface area contributed by atoms with Gasteiger partial charge in [-0.05, 0) is 44.2 Å². The molecule has 0 heterocycles. The predicted molar refractivity (Wildman–Crippen MR) is 75.0 cm³/mol. The van der Waals surface area contributed by atoms with Crippen LogP contribution in [-0.4, -0.2) is 43.6 Å². The predicted octanol–water partition coefficient (Wildman–Crippen LogP) is 0.858. The first-order valence-corrected chi connectivity index (χ1v) is 6.60. The lowest BCUT2D eigenvalue weighted by molar-refractivity contribution is -0.122. The molecule has 0 unspecified atom stereocenters. The van der Waals surface area contributed by atoms with Crippen LogP contribution in [-0.2, 0) is 4.79 Å². The van der Waals surface area contributed by atoms with E-state index in [0.717, 1.165) is 24.3 Å². The number of nitrogen functional groups attached to an aromatic ring is 1. The Bertz CT molecular complexity index is 415. The van der Waals surface area contributed by atoms with Crippen LogP contribution in [0.15, 0.2) is 24.3 Å². The minimum Gasteiger partial charge on any atom is -0.492 e. The van der Waals surface area contributed by atoms with Crippen molar-refractivity contribution in [3.63, 3.8) is 0 Å². The van der Waals surface area contributed by atoms with E-state index in [-0.39, 0.29) is 5.91 Å². The molecule has 0 radical (unpaired) electrons. The van der Waals surface area contributed by atoms with Crippen LogP contribution in [0.3, 0.4) is 0 Å². The third-order valence-electron chi connectivity index (χ3n) is 2.98. The number of benzene rings is 1. The van der Waals surface area contributed by atoms with Crippen molar-refractivity contribution in [1.82, 2.24) is 10.2 Å². The summed E-state index contributed by atoms with van der Waals surface area (Å²) in [4.78, 5) is 13.5. The van der Waals surface area contributed by atoms with Gasteiger partial charge in [-0.1, -0.05) is 0 Å². The maximum Gasteiger partial charge on any atom is 0.234 e. The molecule has 104 valence electrons. The van der Waals surface area contributed by atoms with E-state index in [2.05, 4.69) is 5.32 Å². The molecule has 1 fully saturated rings. The molecule has 1 aliphatic carbocycles. The molecule has 1 amide bonds. The first kappa shape index (κ1) is 13.7. The second-order valence-electron chi connectivity index (χ2n) is 5.00. The lowest BCUT2D eigenvalue weighted by Gasteiger charge is -2.16. The number of anilines is 1. The summed E-state index contributed by atoms with van der Waals surface area (Å²) in [6.07, 6.45) is 2.24. The number of carbonyl (C=O) groups excluding carboxylic acids is 1. The summed E-state index contributed by atoms with van der Waals surface area (Å²) >= 11 is 0. The molecule has 0 spiro atoms. The summed E-state index contributed by atoms with van der Waals surface area (Å²) in [6.45, 7) is 1.68. The Morgan fingerprint density at radius 2 is 2.11 bits per heavy atom. The van der Waals surface area contributed by atoms with E-state index in [1.165, 1.54) is 0 Å². The van der Waals surface area contributed by atoms with Crippen molar-refractivity contribution in [2.75, 3.05) is 32.5 Å². The molecule has 0 saturated heterocycles. The van der Waals surface area contributed by atoms with Crippen molar-refractivity contribution >= 4 is 11.6 Å². The van der Waals surface area contributed by atoms with Crippen molar-refractivity contribution in [2.24, 2.45) is 0 Å². The zero-order valence-corrected chi connectivity index (χ0v) is 11.3. The second kappa shape index (κ2) is 6.43. The van der Waals surface area contributed by atoms with E-state index < -0.39 is 0 Å². The molecule has 1 aromatic rings. The maximum absolute atomic E-state index is 11.6. The van der Waals surface area contributed by atoms with Gasteiger partial charge in [-0.15, -0.1) is 0 Å². The molecule has 1 aromatic carbocycles. The van der Waals surface area contributed by atoms with E-state index in [1.54, 1.807) is 0 Å². The normalized spacial score (nSPS) is 14.4. The van der Waals surface area contributed by atoms with Crippen molar-refractivity contribution in [1.29, 1.82) is 0 Å². The van der Waals surface area contributed by atoms with Gasteiger partial charge >= 0.3 is 0 Å². The van der Waals surface area contributed by atoms with Gasteiger partial charge in [0.1, 0.15) is 12.4 Å². The second-order valence-corrected chi connectivity index (χ2v) is 5.00. The summed E-state index contributed by atoms with van der Waals surface area (Å²) in [6, 6.07) is 7.72. The highest BCUT2D eigenvalue weighted by molar-refractivity contribution is 5.78. The molecule has 1 aliphatic rings. The standard InChI is InChI=1S/C14H21N3O2/c1-17(10-14(18)16-12-4-5-12)8-9-19-13-6-2-11(15)3-7-13/h2-3,6-7,12H,4-5,8-10,15H2,1H3,(H,16,18). The van der Waals surface area contributed by atoms with Crippen LogP contribution in [0.5, 0.6) is 5.75 Å². The Morgan fingerprint density at radius 1 is 1.42 bits per heavy atom. The number of hydrogen-bond acceptors (Lipinski definition) is 4. The van der Waals surface area contributed by atoms with Crippen LogP contribution in [0.1, 0.15) is 12.8 Å². The van der Waals surface area contributed by atoms with Gasteiger partial charge in [-0.25, -0.2) is 0 Å². The number of likely N-dealkylation sites (N-methyl/N-ethyl adjacent to an activating group) is 1. The highest BCUT2D eigenvalue weighted by Gasteiger charge is 2.23. The van der Waals surface area contributed by atoms with Gasteiger partial charge in [0, 0.05) is 18.3 Å². The first-order chi connectivity index (χ1) is 9.13. The monoisotopic (exact) mass is 263 g/mol. The number of ether oxygens (including phenoxy) is 1. The molecular formula is C14H21N3O2. The minimum atomic E-state index is 0.0949. The third-order valence-corrected chi connectivity index (χ3v) is 2.98. The van der Waals surface area contributed by atoms with Gasteiger partial charge in [0.05, 0.1) is 6.54 Å². The fourth-order valence-electron chi connectivity index (χ4n) is 1.71. The van der Waals surface area contributed by atoms with E-state index >= 15 is 0 Å². The number of amides is 1. The van der Waals surface area contributed by atoms with Crippen LogP contribution in [0, 0.1) is 0 Å². The molecule has 2 rings (SSSR count). The van der Waals surface area contributed by atoms with Crippen molar-refractivity contribution in [3.05, 3.63) is 24.3 Å². The number of nitrogens with one attached hydrogen (secondary N) is 1. The summed E-state index contributed by atoms with van der Waals surface area (Å²) in [5.74, 6) is 0.891. The number of nitrogens with zero attached hydrogens (tertiary/aromatic N) is 1. The van der Waals surface area contributed by atoms with Crippen molar-refractivity contribution < 1.29 is 9.53 Å². The largest absolute Gasteiger partial charge is 0.492 e. The van der Waals surface area contributed by atoms with Gasteiger partial charge in [0.2, 0.25) is 5.91 Å². The van der Waals surface area contributed by atoms with E-state index in [4.69, 9.17) is 10.5 Å². The number of hydrogen-bond donors (Lipinski definition) is 2. The topological polar surface area (TPSA) is 67.6 Å². The quantitative estimate of drug-likeness (QED) is 0.716. The van der Waals surface area contributed by atoms with Crippen molar-refractivity contribution in [3.8, 4) is 5.75 Å². The smallest absolute Gasteiger partial charge is 0.234 e. The highest BCUT2D eigenvalue weighted by Crippen LogP contribution is 2.18. The molecule has 0 bridgehead atoms. The van der Waals surface area contributed by atoms with Crippen LogP contribution in [0.4, 0.5) is 5.69 Å². The summed E-state index contributed by atoms with van der Waals surface area (Å²) in [5.41, 5.74) is 6.32. The van der Waals surface area contributed by atoms with E-state index in [0.29, 0.717) is 25.7 Å². The van der Waals surface area contributed by atoms with Crippen molar-refractivity contribution in [2.45, 2.75) is 18.9 Å². The molecule has 1 saturated carbocycles. The zero-order valence-electron chi connectivity index (χ0n) is 11.3. The van der Waals surface area contributed by atoms with Gasteiger partial charge in [-0.2, -0.15) is 0 Å². The van der Waals surface area contributed by atoms with Gasteiger partial charge < -0.3 is 15.8 Å². The molecule has 0 atom stereocenters. The lowest BCUT2D eigenvalue weighted by atomic mass is 10.3. The number of nitrogens with two attached hydrogens (primary N) is 1. The molecule has 19 heavy (non-hydrogen) atoms. The Kier molecular flexibility index (Phi) is 4.63. The fourth-order valence-corrected chi connectivity index (χ4v) is 1.71. The van der Waals surface area contributed by atoms with Crippen LogP contribution >= 0.6 is 0 Å². The Balaban J connectivity index is 1.61. The fraction of sp³-hybridized carbons (Fsp3) is 0.500. The average molecular weight is 263 g/mol. The van der Waals surface area contributed by atoms with E-state index in [1.807, 2.05) is 36.2 Å². The van der Waals surface area contributed by atoms with Gasteiger partial charge in [-0.3, -0.25) is 9.69 Å². The summed E-state index contributed by atoms with van der Waals surface area (Å²) in [5, 5.41) is 2.96. The molecule has 0 aliphatic heterocycles. The minimum absolute atomic E-state index is 0.0949. The molecule has 5 heteroatoms. The number of carbonyl (C=O) groups is 1. The third kappa shape index (κ3) is 5.18. The molecular weight excluding hydrogens is 242 g/mol. The SMILES string of the molecule is CN(CCOc1ccc(N)cc1)CC(=O)NC1CC1. The summed E-state index contributed by atoms with van der Waals surface area (Å²) in [7, 11) is 1.92. The highest BCUT2D eigenvalue weighted by atomic mass is 16.5. The molecule has 3 N–H and O–H groups in total. The number of rotatable bonds is 7. The first-order valence-electron chi connectivity index (χ1n) is 6.60. The summed E-state index contributed by atoms with van der Waals surface area (Å²) < 4.78 is 5.58.